The second kappa shape index (κ2) is 5.56. The summed E-state index contributed by atoms with van der Waals surface area (Å²) in [5, 5.41) is 9.82. The molecule has 3 rings (SSSR count). The van der Waals surface area contributed by atoms with Gasteiger partial charge in [0.25, 0.3) is 0 Å². The minimum Gasteiger partial charge on any atom is -0.369 e. The highest BCUT2D eigenvalue weighted by molar-refractivity contribution is 7.16. The van der Waals surface area contributed by atoms with Crippen LogP contribution in [-0.2, 0) is 0 Å². The monoisotopic (exact) mass is 290 g/mol. The molecule has 0 bridgehead atoms. The smallest absolute Gasteiger partial charge is 0.225 e. The van der Waals surface area contributed by atoms with Gasteiger partial charge in [-0.25, -0.2) is 4.98 Å². The highest BCUT2D eigenvalue weighted by Crippen LogP contribution is 2.36. The lowest BCUT2D eigenvalue weighted by atomic mass is 9.76. The Morgan fingerprint density at radius 3 is 2.80 bits per heavy atom. The van der Waals surface area contributed by atoms with Gasteiger partial charge in [0.2, 0.25) is 5.95 Å². The van der Waals surface area contributed by atoms with E-state index in [0.717, 1.165) is 22.6 Å². The van der Waals surface area contributed by atoms with Gasteiger partial charge in [-0.3, -0.25) is 0 Å². The minimum atomic E-state index is 0.408. The van der Waals surface area contributed by atoms with Gasteiger partial charge < -0.3 is 10.6 Å². The van der Waals surface area contributed by atoms with Crippen molar-refractivity contribution in [3.05, 3.63) is 11.4 Å². The first-order chi connectivity index (χ1) is 9.70. The standard InChI is InChI=1S/C15H22N4S/c1-15(7-4-3-5-8-15)10-17-12-11-6-9-20-13(11)19-14(16-2)18-12/h6,9H,3-5,7-8,10H2,1-2H3,(H2,16,17,18,19). The average molecular weight is 290 g/mol. The third-order valence-electron chi connectivity index (χ3n) is 4.29. The quantitative estimate of drug-likeness (QED) is 0.889. The van der Waals surface area contributed by atoms with Crippen molar-refractivity contribution in [1.29, 1.82) is 0 Å². The molecule has 2 aromatic rings. The number of thiophene rings is 1. The van der Waals surface area contributed by atoms with Crippen LogP contribution >= 0.6 is 11.3 Å². The average Bonchev–Trinajstić information content (AvgIpc) is 2.93. The first kappa shape index (κ1) is 13.6. The van der Waals surface area contributed by atoms with Crippen LogP contribution in [0.5, 0.6) is 0 Å². The number of nitrogens with one attached hydrogen (secondary N) is 2. The van der Waals surface area contributed by atoms with Crippen LogP contribution in [0.2, 0.25) is 0 Å². The highest BCUT2D eigenvalue weighted by atomic mass is 32.1. The predicted octanol–water partition coefficient (Wildman–Crippen LogP) is 4.12. The molecular formula is C15H22N4S. The summed E-state index contributed by atoms with van der Waals surface area (Å²) in [5.74, 6) is 1.66. The minimum absolute atomic E-state index is 0.408. The molecule has 0 atom stereocenters. The molecule has 0 radical (unpaired) electrons. The number of aromatic nitrogens is 2. The Bertz CT molecular complexity index is 587. The summed E-state index contributed by atoms with van der Waals surface area (Å²) in [6.07, 6.45) is 6.74. The molecule has 20 heavy (non-hydrogen) atoms. The van der Waals surface area contributed by atoms with Gasteiger partial charge in [-0.05, 0) is 29.7 Å². The maximum absolute atomic E-state index is 4.58. The van der Waals surface area contributed by atoms with Gasteiger partial charge in [0.1, 0.15) is 10.6 Å². The molecule has 0 amide bonds. The fraction of sp³-hybridized carbons (Fsp3) is 0.600. The topological polar surface area (TPSA) is 49.8 Å². The molecule has 1 aliphatic rings. The first-order valence-corrected chi connectivity index (χ1v) is 8.25. The van der Waals surface area contributed by atoms with Gasteiger partial charge in [-0.2, -0.15) is 4.98 Å². The maximum Gasteiger partial charge on any atom is 0.225 e. The van der Waals surface area contributed by atoms with E-state index in [1.165, 1.54) is 32.1 Å². The van der Waals surface area contributed by atoms with E-state index in [-0.39, 0.29) is 0 Å². The van der Waals surface area contributed by atoms with Gasteiger partial charge in [0, 0.05) is 13.6 Å². The number of anilines is 2. The second-order valence-corrected chi connectivity index (χ2v) is 6.90. The number of fused-ring (bicyclic) bond motifs is 1. The van der Waals surface area contributed by atoms with Gasteiger partial charge in [0.15, 0.2) is 0 Å². The number of rotatable bonds is 4. The third kappa shape index (κ3) is 2.73. The molecule has 2 aromatic heterocycles. The molecule has 1 fully saturated rings. The second-order valence-electron chi connectivity index (χ2n) is 6.01. The molecule has 108 valence electrons. The molecule has 5 heteroatoms. The van der Waals surface area contributed by atoms with Crippen molar-refractivity contribution in [3.63, 3.8) is 0 Å². The molecular weight excluding hydrogens is 268 g/mol. The summed E-state index contributed by atoms with van der Waals surface area (Å²) >= 11 is 1.66. The number of nitrogens with zero attached hydrogens (tertiary/aromatic N) is 2. The van der Waals surface area contributed by atoms with Gasteiger partial charge in [-0.15, -0.1) is 11.3 Å². The Morgan fingerprint density at radius 1 is 1.25 bits per heavy atom. The van der Waals surface area contributed by atoms with Crippen LogP contribution in [0, 0.1) is 5.41 Å². The van der Waals surface area contributed by atoms with Crippen LogP contribution in [0.1, 0.15) is 39.0 Å². The van der Waals surface area contributed by atoms with E-state index in [9.17, 15) is 0 Å². The van der Waals surface area contributed by atoms with Crippen LogP contribution in [0.4, 0.5) is 11.8 Å². The van der Waals surface area contributed by atoms with Crippen LogP contribution in [0.25, 0.3) is 10.2 Å². The fourth-order valence-corrected chi connectivity index (χ4v) is 3.75. The lowest BCUT2D eigenvalue weighted by molar-refractivity contribution is 0.233. The lowest BCUT2D eigenvalue weighted by Gasteiger charge is -2.33. The van der Waals surface area contributed by atoms with Crippen LogP contribution < -0.4 is 10.6 Å². The summed E-state index contributed by atoms with van der Waals surface area (Å²) < 4.78 is 0. The summed E-state index contributed by atoms with van der Waals surface area (Å²) in [6.45, 7) is 3.39. The van der Waals surface area contributed by atoms with E-state index in [4.69, 9.17) is 0 Å². The van der Waals surface area contributed by atoms with Crippen LogP contribution in [0.15, 0.2) is 11.4 Å². The Kier molecular flexibility index (Phi) is 3.78. The summed E-state index contributed by atoms with van der Waals surface area (Å²) in [6, 6.07) is 2.10. The van der Waals surface area contributed by atoms with Crippen LogP contribution in [-0.4, -0.2) is 23.6 Å². The van der Waals surface area contributed by atoms with Crippen molar-refractivity contribution in [2.24, 2.45) is 5.41 Å². The molecule has 0 unspecified atom stereocenters. The third-order valence-corrected chi connectivity index (χ3v) is 5.10. The molecule has 0 aromatic carbocycles. The van der Waals surface area contributed by atoms with Crippen molar-refractivity contribution in [2.75, 3.05) is 24.2 Å². The fourth-order valence-electron chi connectivity index (χ4n) is 2.98. The van der Waals surface area contributed by atoms with Crippen molar-refractivity contribution in [3.8, 4) is 0 Å². The van der Waals surface area contributed by atoms with Crippen molar-refractivity contribution >= 4 is 33.3 Å². The normalized spacial score (nSPS) is 18.1. The molecule has 1 aliphatic carbocycles. The zero-order valence-corrected chi connectivity index (χ0v) is 13.0. The van der Waals surface area contributed by atoms with Crippen molar-refractivity contribution < 1.29 is 0 Å². The largest absolute Gasteiger partial charge is 0.369 e. The van der Waals surface area contributed by atoms with E-state index < -0.39 is 0 Å². The Morgan fingerprint density at radius 2 is 2.05 bits per heavy atom. The van der Waals surface area contributed by atoms with Gasteiger partial charge >= 0.3 is 0 Å². The van der Waals surface area contributed by atoms with Gasteiger partial charge in [0.05, 0.1) is 5.39 Å². The first-order valence-electron chi connectivity index (χ1n) is 7.37. The van der Waals surface area contributed by atoms with E-state index in [1.807, 2.05) is 7.05 Å². The lowest BCUT2D eigenvalue weighted by Crippen LogP contribution is -2.29. The SMILES string of the molecule is CNc1nc(NCC2(C)CCCCC2)c2ccsc2n1. The zero-order valence-electron chi connectivity index (χ0n) is 12.2. The molecule has 2 N–H and O–H groups in total. The highest BCUT2D eigenvalue weighted by Gasteiger charge is 2.26. The number of hydrogen-bond donors (Lipinski definition) is 2. The van der Waals surface area contributed by atoms with Gasteiger partial charge in [-0.1, -0.05) is 26.2 Å². The van der Waals surface area contributed by atoms with E-state index in [0.29, 0.717) is 11.4 Å². The number of hydrogen-bond acceptors (Lipinski definition) is 5. The Hall–Kier alpha value is -1.36. The van der Waals surface area contributed by atoms with Crippen LogP contribution in [0.3, 0.4) is 0 Å². The molecule has 0 spiro atoms. The zero-order chi connectivity index (χ0) is 14.0. The predicted molar refractivity (Wildman–Crippen MR) is 86.6 cm³/mol. The van der Waals surface area contributed by atoms with E-state index in [1.54, 1.807) is 11.3 Å². The Labute approximate surface area is 124 Å². The molecule has 4 nitrogen and oxygen atoms in total. The van der Waals surface area contributed by atoms with E-state index >= 15 is 0 Å². The summed E-state index contributed by atoms with van der Waals surface area (Å²) in [4.78, 5) is 10.1. The van der Waals surface area contributed by atoms with Crippen molar-refractivity contribution in [1.82, 2.24) is 9.97 Å². The van der Waals surface area contributed by atoms with Crippen molar-refractivity contribution in [2.45, 2.75) is 39.0 Å². The molecule has 0 aliphatic heterocycles. The van der Waals surface area contributed by atoms with E-state index in [2.05, 4.69) is 39.0 Å². The molecule has 2 heterocycles. The summed E-state index contributed by atoms with van der Waals surface area (Å²) in [5.41, 5.74) is 0.408. The molecule has 0 saturated heterocycles. The summed E-state index contributed by atoms with van der Waals surface area (Å²) in [7, 11) is 1.86. The molecule has 1 saturated carbocycles. The Balaban J connectivity index is 1.81. The maximum atomic E-state index is 4.58.